The summed E-state index contributed by atoms with van der Waals surface area (Å²) in [5, 5.41) is 5.20. The van der Waals surface area contributed by atoms with Crippen molar-refractivity contribution in [3.63, 3.8) is 0 Å². The molecule has 0 saturated heterocycles. The summed E-state index contributed by atoms with van der Waals surface area (Å²) in [5.74, 6) is -0.171. The van der Waals surface area contributed by atoms with E-state index >= 15 is 0 Å². The van der Waals surface area contributed by atoms with Crippen LogP contribution in [0.4, 0.5) is 24.5 Å². The molecular formula is C22H23ClF3N3O4. The smallest absolute Gasteiger partial charge is 0.418 e. The average molecular weight is 486 g/mol. The Morgan fingerprint density at radius 3 is 2.18 bits per heavy atom. The van der Waals surface area contributed by atoms with Gasteiger partial charge in [0.05, 0.1) is 48.3 Å². The van der Waals surface area contributed by atoms with Gasteiger partial charge in [0, 0.05) is 18.6 Å². The highest BCUT2D eigenvalue weighted by molar-refractivity contribution is 6.34. The van der Waals surface area contributed by atoms with E-state index in [4.69, 9.17) is 21.1 Å². The molecule has 0 atom stereocenters. The Labute approximate surface area is 193 Å². The van der Waals surface area contributed by atoms with Gasteiger partial charge in [0.25, 0.3) is 0 Å². The van der Waals surface area contributed by atoms with Crippen LogP contribution in [0.5, 0.6) is 11.5 Å². The molecule has 0 radical (unpaired) electrons. The number of hydrogen-bond acceptors (Lipinski definition) is 5. The van der Waals surface area contributed by atoms with E-state index in [0.717, 1.165) is 12.5 Å². The van der Waals surface area contributed by atoms with Gasteiger partial charge in [-0.3, -0.25) is 14.5 Å². The van der Waals surface area contributed by atoms with Gasteiger partial charge < -0.3 is 20.1 Å². The van der Waals surface area contributed by atoms with Crippen LogP contribution in [0, 0.1) is 0 Å². The number of nitrogens with one attached hydrogen (secondary N) is 2. The van der Waals surface area contributed by atoms with Gasteiger partial charge in [0.15, 0.2) is 11.5 Å². The number of likely N-dealkylation sites (N-methyl/N-ethyl adjacent to an activating group) is 1. The highest BCUT2D eigenvalue weighted by Crippen LogP contribution is 2.38. The largest absolute Gasteiger partial charge is 0.490 e. The minimum Gasteiger partial charge on any atom is -0.490 e. The molecule has 0 aromatic heterocycles. The second-order valence-electron chi connectivity index (χ2n) is 7.27. The first-order valence-corrected chi connectivity index (χ1v) is 10.6. The molecule has 0 fully saturated rings. The van der Waals surface area contributed by atoms with E-state index in [2.05, 4.69) is 10.6 Å². The minimum absolute atomic E-state index is 0.171. The molecule has 0 bridgehead atoms. The number of fused-ring (bicyclic) bond motifs is 1. The van der Waals surface area contributed by atoms with Crippen molar-refractivity contribution < 1.29 is 32.2 Å². The highest BCUT2D eigenvalue weighted by Gasteiger charge is 2.33. The summed E-state index contributed by atoms with van der Waals surface area (Å²) in [5.41, 5.74) is -0.955. The molecule has 0 spiro atoms. The monoisotopic (exact) mass is 485 g/mol. The number of alkyl halides is 3. The zero-order valence-corrected chi connectivity index (χ0v) is 18.6. The van der Waals surface area contributed by atoms with E-state index in [1.807, 2.05) is 0 Å². The van der Waals surface area contributed by atoms with Crippen LogP contribution >= 0.6 is 11.6 Å². The number of benzene rings is 2. The summed E-state index contributed by atoms with van der Waals surface area (Å²) >= 11 is 6.24. The predicted octanol–water partition coefficient (Wildman–Crippen LogP) is 4.42. The van der Waals surface area contributed by atoms with Gasteiger partial charge in [-0.15, -0.1) is 0 Å². The number of ether oxygens (including phenoxy) is 2. The van der Waals surface area contributed by atoms with Crippen LogP contribution in [-0.4, -0.2) is 49.6 Å². The van der Waals surface area contributed by atoms with E-state index in [-0.39, 0.29) is 23.8 Å². The topological polar surface area (TPSA) is 79.9 Å². The van der Waals surface area contributed by atoms with Gasteiger partial charge in [-0.05, 0) is 18.7 Å². The Morgan fingerprint density at radius 1 is 1.00 bits per heavy atom. The van der Waals surface area contributed by atoms with Gasteiger partial charge in [-0.25, -0.2) is 0 Å². The molecule has 1 aliphatic heterocycles. The third-order valence-corrected chi connectivity index (χ3v) is 5.11. The average Bonchev–Trinajstić information content (AvgIpc) is 2.98. The summed E-state index contributed by atoms with van der Waals surface area (Å²) in [7, 11) is 0. The number of rotatable bonds is 7. The zero-order valence-electron chi connectivity index (χ0n) is 17.8. The summed E-state index contributed by atoms with van der Waals surface area (Å²) in [6, 6.07) is 7.83. The number of nitrogens with zero attached hydrogens (tertiary/aromatic N) is 1. The Hall–Kier alpha value is -2.98. The van der Waals surface area contributed by atoms with Crippen LogP contribution in [0.1, 0.15) is 18.9 Å². The molecule has 2 aromatic carbocycles. The third-order valence-electron chi connectivity index (χ3n) is 4.80. The maximum atomic E-state index is 13.1. The third kappa shape index (κ3) is 6.75. The molecule has 2 amide bonds. The Kier molecular flexibility index (Phi) is 8.04. The molecule has 1 aliphatic rings. The number of anilines is 2. The molecule has 3 rings (SSSR count). The van der Waals surface area contributed by atoms with Crippen molar-refractivity contribution in [1.29, 1.82) is 0 Å². The number of halogens is 4. The van der Waals surface area contributed by atoms with Crippen LogP contribution < -0.4 is 20.1 Å². The lowest BCUT2D eigenvalue weighted by atomic mass is 10.1. The van der Waals surface area contributed by atoms with Crippen molar-refractivity contribution in [2.24, 2.45) is 0 Å². The number of carbonyl (C=O) groups is 2. The molecule has 7 nitrogen and oxygen atoms in total. The second kappa shape index (κ2) is 10.8. The number of para-hydroxylation sites is 1. The minimum atomic E-state index is -4.60. The van der Waals surface area contributed by atoms with E-state index in [0.29, 0.717) is 36.9 Å². The van der Waals surface area contributed by atoms with Crippen molar-refractivity contribution in [2.75, 3.05) is 43.5 Å². The number of carbonyl (C=O) groups excluding carboxylic acids is 2. The normalized spacial score (nSPS) is 13.4. The van der Waals surface area contributed by atoms with Crippen LogP contribution in [-0.2, 0) is 15.8 Å². The lowest BCUT2D eigenvalue weighted by Crippen LogP contribution is -2.38. The van der Waals surface area contributed by atoms with Gasteiger partial charge in [0.1, 0.15) is 0 Å². The lowest BCUT2D eigenvalue weighted by molar-refractivity contribution is -0.137. The molecule has 178 valence electrons. The first-order valence-electron chi connectivity index (χ1n) is 10.2. The quantitative estimate of drug-likeness (QED) is 0.607. The van der Waals surface area contributed by atoms with Crippen molar-refractivity contribution in [3.05, 3.63) is 47.0 Å². The standard InChI is InChI=1S/C22H23ClF3N3O4/c1-2-29(12-20(30)27-16-7-4-3-6-14(16)22(24,25)26)13-21(31)28-17-11-19-18(10-15(17)23)32-8-5-9-33-19/h3-4,6-7,10-11H,2,5,8-9,12-13H2,1H3,(H,27,30)(H,28,31). The highest BCUT2D eigenvalue weighted by atomic mass is 35.5. The van der Waals surface area contributed by atoms with Crippen molar-refractivity contribution >= 4 is 34.8 Å². The van der Waals surface area contributed by atoms with Crippen molar-refractivity contribution in [2.45, 2.75) is 19.5 Å². The van der Waals surface area contributed by atoms with Crippen LogP contribution in [0.15, 0.2) is 36.4 Å². The maximum absolute atomic E-state index is 13.1. The summed E-state index contributed by atoms with van der Waals surface area (Å²) in [4.78, 5) is 26.4. The van der Waals surface area contributed by atoms with Gasteiger partial charge >= 0.3 is 6.18 Å². The van der Waals surface area contributed by atoms with Crippen molar-refractivity contribution in [1.82, 2.24) is 4.90 Å². The molecule has 11 heteroatoms. The fraction of sp³-hybridized carbons (Fsp3) is 0.364. The Bertz CT molecular complexity index is 1020. The van der Waals surface area contributed by atoms with Crippen LogP contribution in [0.3, 0.4) is 0 Å². The lowest BCUT2D eigenvalue weighted by Gasteiger charge is -2.20. The predicted molar refractivity (Wildman–Crippen MR) is 118 cm³/mol. The first kappa shape index (κ1) is 24.7. The van der Waals surface area contributed by atoms with E-state index < -0.39 is 23.6 Å². The molecule has 0 aliphatic carbocycles. The summed E-state index contributed by atoms with van der Waals surface area (Å²) < 4.78 is 50.5. The fourth-order valence-corrected chi connectivity index (χ4v) is 3.39. The van der Waals surface area contributed by atoms with Crippen molar-refractivity contribution in [3.8, 4) is 11.5 Å². The van der Waals surface area contributed by atoms with Crippen LogP contribution in [0.25, 0.3) is 0 Å². The first-order chi connectivity index (χ1) is 15.7. The van der Waals surface area contributed by atoms with E-state index in [9.17, 15) is 22.8 Å². The molecular weight excluding hydrogens is 463 g/mol. The van der Waals surface area contributed by atoms with Gasteiger partial charge in [0.2, 0.25) is 11.8 Å². The van der Waals surface area contributed by atoms with E-state index in [1.165, 1.54) is 23.1 Å². The van der Waals surface area contributed by atoms with Crippen LogP contribution in [0.2, 0.25) is 5.02 Å². The molecule has 2 N–H and O–H groups in total. The number of hydrogen-bond donors (Lipinski definition) is 2. The Morgan fingerprint density at radius 2 is 1.58 bits per heavy atom. The molecule has 0 saturated carbocycles. The number of amides is 2. The Balaban J connectivity index is 1.61. The molecule has 0 unspecified atom stereocenters. The SMILES string of the molecule is CCN(CC(=O)Nc1cc2c(cc1Cl)OCCCO2)CC(=O)Nc1ccccc1C(F)(F)F. The maximum Gasteiger partial charge on any atom is 0.418 e. The zero-order chi connectivity index (χ0) is 24.0. The molecule has 1 heterocycles. The molecule has 2 aromatic rings. The second-order valence-corrected chi connectivity index (χ2v) is 7.68. The summed E-state index contributed by atoms with van der Waals surface area (Å²) in [6.45, 7) is 2.57. The fourth-order valence-electron chi connectivity index (χ4n) is 3.18. The van der Waals surface area contributed by atoms with Gasteiger partial charge in [-0.2, -0.15) is 13.2 Å². The molecule has 33 heavy (non-hydrogen) atoms. The van der Waals surface area contributed by atoms with Gasteiger partial charge in [-0.1, -0.05) is 30.7 Å². The summed E-state index contributed by atoms with van der Waals surface area (Å²) in [6.07, 6.45) is -3.88. The van der Waals surface area contributed by atoms with E-state index in [1.54, 1.807) is 19.1 Å².